The first-order valence-electron chi connectivity index (χ1n) is 10.1. The van der Waals surface area contributed by atoms with Crippen molar-refractivity contribution in [1.29, 1.82) is 0 Å². The van der Waals surface area contributed by atoms with Gasteiger partial charge in [-0.3, -0.25) is 0 Å². The Bertz CT molecular complexity index is 1180. The minimum atomic E-state index is -2.44. The number of hydrogen-bond donors (Lipinski definition) is 1. The number of aliphatic hydroxyl groups excluding tert-OH is 1. The molecule has 1 N–H and O–H groups in total. The van der Waals surface area contributed by atoms with Gasteiger partial charge in [0.15, 0.2) is 0 Å². The van der Waals surface area contributed by atoms with E-state index in [2.05, 4.69) is 50.0 Å². The Kier molecular flexibility index (Phi) is 5.74. The maximum absolute atomic E-state index is 14.1. The molecule has 1 aliphatic rings. The standard InChI is InChI=1S/C23H26N4O2S/c1-3-14-30(29,22-9-8-19-6-4-5-7-20(19)15-22)27-12-10-26(11-13-27)23-24-16-21(17-25-23)18(2)28/h4-9,14-17,28H,2-3,10-13H2,1H3. The molecular formula is C23H26N4O2S. The minimum absolute atomic E-state index is 0.0448. The fraction of sp³-hybridized carbons (Fsp3) is 0.261. The van der Waals surface area contributed by atoms with E-state index in [9.17, 15) is 9.32 Å². The molecule has 156 valence electrons. The van der Waals surface area contributed by atoms with Gasteiger partial charge in [0.05, 0.1) is 15.3 Å². The van der Waals surface area contributed by atoms with E-state index in [-0.39, 0.29) is 5.76 Å². The Hall–Kier alpha value is -2.90. The van der Waals surface area contributed by atoms with Crippen LogP contribution in [0.25, 0.3) is 16.5 Å². The molecule has 0 saturated carbocycles. The first-order chi connectivity index (χ1) is 14.5. The highest BCUT2D eigenvalue weighted by molar-refractivity contribution is 7.99. The van der Waals surface area contributed by atoms with Crippen molar-refractivity contribution >= 4 is 37.6 Å². The van der Waals surface area contributed by atoms with Crippen LogP contribution < -0.4 is 4.90 Å². The van der Waals surface area contributed by atoms with E-state index < -0.39 is 9.71 Å². The van der Waals surface area contributed by atoms with Gasteiger partial charge < -0.3 is 10.0 Å². The third-order valence-corrected chi connectivity index (χ3v) is 8.17. The lowest BCUT2D eigenvalue weighted by atomic mass is 10.1. The summed E-state index contributed by atoms with van der Waals surface area (Å²) in [6, 6.07) is 14.3. The van der Waals surface area contributed by atoms with Crippen LogP contribution in [0.5, 0.6) is 0 Å². The van der Waals surface area contributed by atoms with Crippen molar-refractivity contribution in [3.05, 3.63) is 67.0 Å². The maximum atomic E-state index is 14.1. The molecule has 6 nitrogen and oxygen atoms in total. The summed E-state index contributed by atoms with van der Waals surface area (Å²) in [5.74, 6) is 0.563. The second-order valence-corrected chi connectivity index (χ2v) is 9.75. The predicted octanol–water partition coefficient (Wildman–Crippen LogP) is 3.75. The second-order valence-electron chi connectivity index (χ2n) is 7.29. The third kappa shape index (κ3) is 3.91. The van der Waals surface area contributed by atoms with Gasteiger partial charge in [0.1, 0.15) is 5.76 Å². The Morgan fingerprint density at radius 1 is 1.10 bits per heavy atom. The number of nitrogens with zero attached hydrogens (tertiary/aromatic N) is 4. The molecule has 1 saturated heterocycles. The number of rotatable bonds is 5. The molecular weight excluding hydrogens is 396 g/mol. The average Bonchev–Trinajstić information content (AvgIpc) is 2.79. The van der Waals surface area contributed by atoms with Crippen molar-refractivity contribution in [2.24, 2.45) is 0 Å². The quantitative estimate of drug-likeness (QED) is 0.501. The van der Waals surface area contributed by atoms with Gasteiger partial charge in [-0.1, -0.05) is 43.8 Å². The van der Waals surface area contributed by atoms with Crippen LogP contribution in [0.3, 0.4) is 0 Å². The first kappa shape index (κ1) is 20.4. The van der Waals surface area contributed by atoms with Crippen LogP contribution in [-0.2, 0) is 9.71 Å². The number of aromatic nitrogens is 2. The van der Waals surface area contributed by atoms with Crippen molar-refractivity contribution in [2.45, 2.75) is 18.2 Å². The molecule has 30 heavy (non-hydrogen) atoms. The molecule has 0 aliphatic carbocycles. The summed E-state index contributed by atoms with van der Waals surface area (Å²) in [6.07, 6.45) is 3.88. The summed E-state index contributed by atoms with van der Waals surface area (Å²) in [6.45, 7) is 8.19. The Balaban J connectivity index is 1.56. The highest BCUT2D eigenvalue weighted by Crippen LogP contribution is 2.24. The summed E-state index contributed by atoms with van der Waals surface area (Å²) < 4.78 is 16.2. The van der Waals surface area contributed by atoms with Crippen molar-refractivity contribution in [2.75, 3.05) is 31.1 Å². The lowest BCUT2D eigenvalue weighted by molar-refractivity contribution is 0.405. The van der Waals surface area contributed by atoms with E-state index in [1.807, 2.05) is 30.5 Å². The number of fused-ring (bicyclic) bond motifs is 1. The van der Waals surface area contributed by atoms with Gasteiger partial charge in [-0.15, -0.1) is 0 Å². The summed E-state index contributed by atoms with van der Waals surface area (Å²) in [5.41, 5.74) is 0.509. The highest BCUT2D eigenvalue weighted by atomic mass is 32.2. The van der Waals surface area contributed by atoms with Crippen molar-refractivity contribution in [3.8, 4) is 0 Å². The number of benzene rings is 2. The van der Waals surface area contributed by atoms with Crippen molar-refractivity contribution in [3.63, 3.8) is 0 Å². The van der Waals surface area contributed by atoms with E-state index in [1.165, 1.54) is 0 Å². The average molecular weight is 423 g/mol. The van der Waals surface area contributed by atoms with E-state index in [0.717, 1.165) is 22.1 Å². The Morgan fingerprint density at radius 2 is 1.77 bits per heavy atom. The van der Waals surface area contributed by atoms with Gasteiger partial charge in [0, 0.05) is 43.5 Å². The number of hydrogen-bond acceptors (Lipinski definition) is 5. The van der Waals surface area contributed by atoms with E-state index in [1.54, 1.807) is 12.4 Å². The van der Waals surface area contributed by atoms with Gasteiger partial charge >= 0.3 is 0 Å². The van der Waals surface area contributed by atoms with E-state index >= 15 is 0 Å². The smallest absolute Gasteiger partial charge is 0.225 e. The molecule has 2 aromatic carbocycles. The molecule has 7 heteroatoms. The minimum Gasteiger partial charge on any atom is -0.508 e. The first-order valence-corrected chi connectivity index (χ1v) is 11.7. The highest BCUT2D eigenvalue weighted by Gasteiger charge is 2.26. The molecule has 0 spiro atoms. The summed E-state index contributed by atoms with van der Waals surface area (Å²) >= 11 is 0. The van der Waals surface area contributed by atoms with Crippen LogP contribution in [0.1, 0.15) is 18.9 Å². The van der Waals surface area contributed by atoms with Crippen LogP contribution in [0.15, 0.2) is 66.3 Å². The summed E-state index contributed by atoms with van der Waals surface area (Å²) in [7, 11) is -2.44. The monoisotopic (exact) mass is 422 g/mol. The number of piperazine rings is 1. The normalized spacial score (nSPS) is 16.9. The van der Waals surface area contributed by atoms with Gasteiger partial charge in [-0.2, -0.15) is 0 Å². The van der Waals surface area contributed by atoms with Crippen molar-refractivity contribution in [1.82, 2.24) is 14.3 Å². The molecule has 0 radical (unpaired) electrons. The fourth-order valence-electron chi connectivity index (χ4n) is 3.72. The zero-order valence-corrected chi connectivity index (χ0v) is 17.9. The summed E-state index contributed by atoms with van der Waals surface area (Å²) in [4.78, 5) is 11.6. The molecule has 1 fully saturated rings. The van der Waals surface area contributed by atoms with E-state index in [0.29, 0.717) is 37.7 Å². The zero-order valence-electron chi connectivity index (χ0n) is 17.1. The van der Waals surface area contributed by atoms with Crippen LogP contribution >= 0.6 is 0 Å². The summed E-state index contributed by atoms with van der Waals surface area (Å²) in [5, 5.41) is 13.6. The number of anilines is 1. The molecule has 1 atom stereocenters. The Labute approximate surface area is 177 Å². The molecule has 1 aromatic heterocycles. The van der Waals surface area contributed by atoms with Crippen LogP contribution in [0.2, 0.25) is 0 Å². The SMILES string of the molecule is C=C(O)c1cnc(N2CCN(S(=O)(=CCC)c3ccc4ccccc4c3)CC2)nc1. The maximum Gasteiger partial charge on any atom is 0.225 e. The van der Waals surface area contributed by atoms with Gasteiger partial charge in [-0.25, -0.2) is 18.5 Å². The van der Waals surface area contributed by atoms with Crippen molar-refractivity contribution < 1.29 is 9.32 Å². The van der Waals surface area contributed by atoms with E-state index in [4.69, 9.17) is 0 Å². The van der Waals surface area contributed by atoms with Crippen LogP contribution in [0.4, 0.5) is 5.95 Å². The molecule has 4 rings (SSSR count). The molecule has 1 aliphatic heterocycles. The molecule has 0 amide bonds. The third-order valence-electron chi connectivity index (χ3n) is 5.33. The van der Waals surface area contributed by atoms with Gasteiger partial charge in [0.2, 0.25) is 5.95 Å². The number of aliphatic hydroxyl groups is 1. The van der Waals surface area contributed by atoms with Crippen LogP contribution in [-0.4, -0.2) is 55.1 Å². The van der Waals surface area contributed by atoms with Gasteiger partial charge in [-0.05, 0) is 34.7 Å². The molecule has 0 bridgehead atoms. The lowest BCUT2D eigenvalue weighted by Crippen LogP contribution is -2.49. The molecule has 3 aromatic rings. The predicted molar refractivity (Wildman–Crippen MR) is 124 cm³/mol. The van der Waals surface area contributed by atoms with Crippen LogP contribution in [0, 0.1) is 0 Å². The lowest BCUT2D eigenvalue weighted by Gasteiger charge is -2.36. The second kappa shape index (κ2) is 8.45. The molecule has 1 unspecified atom stereocenters. The molecule has 2 heterocycles. The zero-order chi connectivity index (χ0) is 21.1. The topological polar surface area (TPSA) is 69.6 Å². The van der Waals surface area contributed by atoms with Gasteiger partial charge in [0.25, 0.3) is 0 Å². The Morgan fingerprint density at radius 3 is 2.40 bits per heavy atom. The fourth-order valence-corrected chi connectivity index (χ4v) is 6.14. The largest absolute Gasteiger partial charge is 0.508 e.